The van der Waals surface area contributed by atoms with Crippen LogP contribution in [-0.4, -0.2) is 25.0 Å². The Bertz CT molecular complexity index is 746. The summed E-state index contributed by atoms with van der Waals surface area (Å²) in [6, 6.07) is 18.9. The van der Waals surface area contributed by atoms with Crippen LogP contribution in [0.5, 0.6) is 0 Å². The molecule has 0 amide bonds. The van der Waals surface area contributed by atoms with Gasteiger partial charge in [0.15, 0.2) is 0 Å². The largest absolute Gasteiger partial charge is 0.662 e. The molecule has 1 radical (unpaired) electrons. The zero-order valence-corrected chi connectivity index (χ0v) is 23.8. The fraction of sp³-hybridized carbons (Fsp3) is 0.440. The summed E-state index contributed by atoms with van der Waals surface area (Å²) in [5.74, 6) is 0.807. The SMILES string of the molecule is [CH2-]C(=O)[C@H](CC(C)C)OC(c1ccccc1)c1ccc(C2CC[N-]CC2)cc1.[W].[Y]. The number of benzene rings is 2. The maximum atomic E-state index is 12.1. The van der Waals surface area contributed by atoms with Crippen molar-refractivity contribution >= 4 is 5.78 Å². The van der Waals surface area contributed by atoms with Gasteiger partial charge in [-0.3, -0.25) is 0 Å². The molecule has 2 aromatic rings. The molecule has 1 unspecified atom stereocenters. The Hall–Kier alpha value is -0.308. The number of carbonyl (C=O) groups excluding carboxylic acids is 1. The predicted molar refractivity (Wildman–Crippen MR) is 114 cm³/mol. The van der Waals surface area contributed by atoms with E-state index in [1.165, 1.54) is 5.56 Å². The summed E-state index contributed by atoms with van der Waals surface area (Å²) in [6.45, 7) is 9.76. The maximum absolute atomic E-state index is 12.1. The molecule has 0 N–H and O–H groups in total. The minimum Gasteiger partial charge on any atom is -0.662 e. The van der Waals surface area contributed by atoms with Gasteiger partial charge in [0, 0.05) is 59.6 Å². The Labute approximate surface area is 221 Å². The molecule has 5 heteroatoms. The third-order valence-electron chi connectivity index (χ3n) is 5.43. The van der Waals surface area contributed by atoms with E-state index in [0.717, 1.165) is 37.1 Å². The first-order chi connectivity index (χ1) is 13.5. The minimum absolute atomic E-state index is 0. The van der Waals surface area contributed by atoms with Gasteiger partial charge in [0.1, 0.15) is 6.10 Å². The van der Waals surface area contributed by atoms with Crippen molar-refractivity contribution in [1.29, 1.82) is 0 Å². The van der Waals surface area contributed by atoms with E-state index < -0.39 is 6.10 Å². The molecule has 1 fully saturated rings. The molecule has 159 valence electrons. The van der Waals surface area contributed by atoms with Gasteiger partial charge < -0.3 is 21.8 Å². The van der Waals surface area contributed by atoms with Gasteiger partial charge >= 0.3 is 0 Å². The van der Waals surface area contributed by atoms with E-state index in [0.29, 0.717) is 18.3 Å². The van der Waals surface area contributed by atoms with Gasteiger partial charge in [0.25, 0.3) is 0 Å². The molecule has 3 nitrogen and oxygen atoms in total. The molecule has 2 aromatic carbocycles. The normalized spacial score (nSPS) is 16.2. The molecule has 0 saturated carbocycles. The maximum Gasteiger partial charge on any atom is 0.108 e. The van der Waals surface area contributed by atoms with Crippen LogP contribution in [0.15, 0.2) is 54.6 Å². The molecule has 0 bridgehead atoms. The molecule has 1 aliphatic heterocycles. The Morgan fingerprint density at radius 3 is 2.13 bits per heavy atom. The summed E-state index contributed by atoms with van der Waals surface area (Å²) in [6.07, 6.45) is 2.17. The number of Topliss-reactive ketones (excluding diaryl/α,β-unsaturated/α-hetero) is 1. The van der Waals surface area contributed by atoms with Crippen LogP contribution in [0.1, 0.15) is 61.8 Å². The fourth-order valence-corrected chi connectivity index (χ4v) is 3.86. The third kappa shape index (κ3) is 7.99. The summed E-state index contributed by atoms with van der Waals surface area (Å²) in [5, 5.41) is 4.45. The second kappa shape index (κ2) is 14.0. The van der Waals surface area contributed by atoms with E-state index in [4.69, 9.17) is 4.74 Å². The summed E-state index contributed by atoms with van der Waals surface area (Å²) < 4.78 is 6.35. The van der Waals surface area contributed by atoms with E-state index in [1.807, 2.05) is 18.2 Å². The van der Waals surface area contributed by atoms with Crippen molar-refractivity contribution in [2.24, 2.45) is 5.92 Å². The zero-order chi connectivity index (χ0) is 19.9. The van der Waals surface area contributed by atoms with E-state index >= 15 is 0 Å². The van der Waals surface area contributed by atoms with Crippen molar-refractivity contribution in [1.82, 2.24) is 0 Å². The van der Waals surface area contributed by atoms with Crippen LogP contribution in [0.3, 0.4) is 0 Å². The summed E-state index contributed by atoms with van der Waals surface area (Å²) in [5.41, 5.74) is 3.50. The topological polar surface area (TPSA) is 40.4 Å². The van der Waals surface area contributed by atoms with Gasteiger partial charge in [0.05, 0.1) is 6.10 Å². The standard InChI is InChI=1S/C25H31NO2.W.Y/c1-18(2)17-24(19(3)27)28-25(22-7-5-4-6-8-22)23-11-9-20(10-12-23)21-13-15-26-16-14-21;;/h4-12,18,21,24-25H,3,13-17H2,1-2H3;;/q-2;;/t24-,25?;;/m0../s1. The number of ketones is 1. The molecular weight excluding hydrogens is 619 g/mol. The first-order valence-corrected chi connectivity index (χ1v) is 10.3. The second-order valence-corrected chi connectivity index (χ2v) is 8.12. The van der Waals surface area contributed by atoms with Crippen LogP contribution >= 0.6 is 0 Å². The van der Waals surface area contributed by atoms with Crippen LogP contribution in [-0.2, 0) is 63.3 Å². The molecule has 1 heterocycles. The van der Waals surface area contributed by atoms with Crippen molar-refractivity contribution in [2.75, 3.05) is 13.1 Å². The Morgan fingerprint density at radius 2 is 1.60 bits per heavy atom. The number of hydrogen-bond acceptors (Lipinski definition) is 2. The number of piperidine rings is 1. The zero-order valence-electron chi connectivity index (χ0n) is 18.0. The molecule has 30 heavy (non-hydrogen) atoms. The number of rotatable bonds is 8. The minimum atomic E-state index is -0.496. The summed E-state index contributed by atoms with van der Waals surface area (Å²) in [7, 11) is 0. The van der Waals surface area contributed by atoms with Crippen molar-refractivity contribution in [2.45, 2.75) is 51.2 Å². The second-order valence-electron chi connectivity index (χ2n) is 8.12. The van der Waals surface area contributed by atoms with Gasteiger partial charge in [-0.2, -0.15) is 0 Å². The van der Waals surface area contributed by atoms with Crippen LogP contribution in [0.2, 0.25) is 0 Å². The smallest absolute Gasteiger partial charge is 0.108 e. The molecular formula is C25H31NO2WY-2. The fourth-order valence-electron chi connectivity index (χ4n) is 3.86. The molecule has 3 rings (SSSR count). The van der Waals surface area contributed by atoms with Gasteiger partial charge in [-0.15, -0.1) is 13.1 Å². The monoisotopic (exact) mass is 650 g/mol. The Balaban J connectivity index is 0.00000225. The van der Waals surface area contributed by atoms with Gasteiger partial charge in [-0.05, 0) is 34.9 Å². The van der Waals surface area contributed by atoms with Gasteiger partial charge in [0.2, 0.25) is 0 Å². The average Bonchev–Trinajstić information content (AvgIpc) is 2.72. The van der Waals surface area contributed by atoms with Crippen LogP contribution in [0.25, 0.3) is 5.32 Å². The van der Waals surface area contributed by atoms with Crippen molar-refractivity contribution in [3.63, 3.8) is 0 Å². The van der Waals surface area contributed by atoms with Crippen LogP contribution in [0.4, 0.5) is 0 Å². The molecule has 1 saturated heterocycles. The summed E-state index contributed by atoms with van der Waals surface area (Å²) >= 11 is 0. The Morgan fingerprint density at radius 1 is 1.03 bits per heavy atom. The number of ether oxygens (including phenoxy) is 1. The molecule has 0 aliphatic carbocycles. The van der Waals surface area contributed by atoms with Crippen LogP contribution < -0.4 is 0 Å². The average molecular weight is 650 g/mol. The van der Waals surface area contributed by atoms with Crippen molar-refractivity contribution in [3.8, 4) is 0 Å². The van der Waals surface area contributed by atoms with E-state index in [2.05, 4.69) is 62.5 Å². The number of nitrogens with zero attached hydrogens (tertiary/aromatic N) is 1. The number of carbonyl (C=O) groups is 1. The van der Waals surface area contributed by atoms with Crippen LogP contribution in [0, 0.1) is 12.8 Å². The van der Waals surface area contributed by atoms with Crippen molar-refractivity contribution < 1.29 is 63.3 Å². The van der Waals surface area contributed by atoms with E-state index in [-0.39, 0.29) is 65.7 Å². The van der Waals surface area contributed by atoms with E-state index in [1.54, 1.807) is 0 Å². The number of hydrogen-bond donors (Lipinski definition) is 0. The molecule has 2 atom stereocenters. The first-order valence-electron chi connectivity index (χ1n) is 10.3. The Kier molecular flexibility index (Phi) is 12.9. The van der Waals surface area contributed by atoms with E-state index in [9.17, 15) is 4.79 Å². The molecule has 0 spiro atoms. The molecule has 0 aromatic heterocycles. The molecule has 1 aliphatic rings. The first kappa shape index (κ1) is 27.7. The summed E-state index contributed by atoms with van der Waals surface area (Å²) in [4.78, 5) is 12.1. The van der Waals surface area contributed by atoms with Gasteiger partial charge in [-0.25, -0.2) is 0 Å². The third-order valence-corrected chi connectivity index (χ3v) is 5.43. The van der Waals surface area contributed by atoms with Crippen molar-refractivity contribution in [3.05, 3.63) is 83.5 Å². The van der Waals surface area contributed by atoms with Gasteiger partial charge in [-0.1, -0.05) is 81.3 Å². The predicted octanol–water partition coefficient (Wildman–Crippen LogP) is 5.86. The quantitative estimate of drug-likeness (QED) is 0.337.